The van der Waals surface area contributed by atoms with Crippen LogP contribution < -0.4 is 4.90 Å². The average Bonchev–Trinajstić information content (AvgIpc) is 3.75. The van der Waals surface area contributed by atoms with Crippen LogP contribution in [0.3, 0.4) is 0 Å². The smallest absolute Gasteiger partial charge is 0.135 e. The maximum atomic E-state index is 6.28. The highest BCUT2D eigenvalue weighted by molar-refractivity contribution is 6.09. The van der Waals surface area contributed by atoms with Gasteiger partial charge in [0.05, 0.1) is 0 Å². The Morgan fingerprint density at radius 2 is 0.688 bits per heavy atom. The Bertz CT molecular complexity index is 3660. The van der Waals surface area contributed by atoms with Gasteiger partial charge in [-0.3, -0.25) is 0 Å². The van der Waals surface area contributed by atoms with Crippen molar-refractivity contribution in [1.29, 1.82) is 0 Å². The number of para-hydroxylation sites is 1. The molecule has 11 aromatic carbocycles. The van der Waals surface area contributed by atoms with Crippen LogP contribution in [0.4, 0.5) is 17.1 Å². The Balaban J connectivity index is 0.940. The standard InChI is InChI=1S/C62H41NO/c1-2-14-43(15-3-1)52-18-6-8-20-55(52)57-22-10-11-23-58(57)56-21-9-7-19-53(56)45-30-35-49(36-31-45)63(50-37-39-62-60(41-50)59-24-12-13-25-61(59)64-62)48-33-28-42(29-34-48)46-32-38-54-47(40-46)27-26-44-16-4-5-17-51(44)54/h1-41H. The number of benzene rings is 11. The van der Waals surface area contributed by atoms with E-state index in [-0.39, 0.29) is 0 Å². The Labute approximate surface area is 372 Å². The molecule has 0 unspecified atom stereocenters. The van der Waals surface area contributed by atoms with Crippen molar-refractivity contribution in [3.63, 3.8) is 0 Å². The van der Waals surface area contributed by atoms with Crippen LogP contribution in [0.1, 0.15) is 0 Å². The number of hydrogen-bond acceptors (Lipinski definition) is 2. The summed E-state index contributed by atoms with van der Waals surface area (Å²) < 4.78 is 6.28. The third kappa shape index (κ3) is 6.61. The fourth-order valence-corrected chi connectivity index (χ4v) is 9.60. The monoisotopic (exact) mass is 815 g/mol. The number of anilines is 3. The topological polar surface area (TPSA) is 16.4 Å². The Hall–Kier alpha value is -8.46. The lowest BCUT2D eigenvalue weighted by molar-refractivity contribution is 0.669. The molecule has 0 saturated carbocycles. The first-order valence-electron chi connectivity index (χ1n) is 21.9. The molecule has 0 saturated heterocycles. The molecule has 0 amide bonds. The minimum atomic E-state index is 0.878. The molecule has 1 heterocycles. The van der Waals surface area contributed by atoms with E-state index in [9.17, 15) is 0 Å². The van der Waals surface area contributed by atoms with Gasteiger partial charge in [0.15, 0.2) is 0 Å². The van der Waals surface area contributed by atoms with E-state index < -0.39 is 0 Å². The van der Waals surface area contributed by atoms with Gasteiger partial charge in [0.1, 0.15) is 11.2 Å². The van der Waals surface area contributed by atoms with Crippen LogP contribution in [0.5, 0.6) is 0 Å². The van der Waals surface area contributed by atoms with Crippen molar-refractivity contribution in [2.24, 2.45) is 0 Å². The molecule has 12 rings (SSSR count). The number of nitrogens with zero attached hydrogens (tertiary/aromatic N) is 1. The molecule has 0 aliphatic rings. The predicted octanol–water partition coefficient (Wildman–Crippen LogP) is 17.7. The summed E-state index contributed by atoms with van der Waals surface area (Å²) in [7, 11) is 0. The highest BCUT2D eigenvalue weighted by Gasteiger charge is 2.19. The van der Waals surface area contributed by atoms with Crippen LogP contribution in [-0.4, -0.2) is 0 Å². The Morgan fingerprint density at radius 3 is 1.36 bits per heavy atom. The summed E-state index contributed by atoms with van der Waals surface area (Å²) in [6, 6.07) is 89.7. The Morgan fingerprint density at radius 1 is 0.234 bits per heavy atom. The second-order valence-corrected chi connectivity index (χ2v) is 16.4. The van der Waals surface area contributed by atoms with E-state index in [1.165, 1.54) is 71.6 Å². The lowest BCUT2D eigenvalue weighted by Crippen LogP contribution is -2.09. The molecule has 0 aliphatic carbocycles. The SMILES string of the molecule is c1ccc(-c2ccccc2-c2ccccc2-c2ccccc2-c2ccc(N(c3ccc(-c4ccc5c(ccc6ccccc65)c4)cc3)c3ccc4oc5ccccc5c4c3)cc2)cc1. The van der Waals surface area contributed by atoms with Crippen LogP contribution in [0.2, 0.25) is 0 Å². The predicted molar refractivity (Wildman–Crippen MR) is 271 cm³/mol. The zero-order valence-electron chi connectivity index (χ0n) is 35.0. The first-order valence-corrected chi connectivity index (χ1v) is 21.9. The molecule has 300 valence electrons. The maximum absolute atomic E-state index is 6.28. The Kier molecular flexibility index (Phi) is 9.20. The van der Waals surface area contributed by atoms with Gasteiger partial charge in [-0.05, 0) is 132 Å². The quantitative estimate of drug-likeness (QED) is 0.142. The molecular weight excluding hydrogens is 775 g/mol. The van der Waals surface area contributed by atoms with Crippen LogP contribution in [0, 0.1) is 0 Å². The highest BCUT2D eigenvalue weighted by Crippen LogP contribution is 2.44. The van der Waals surface area contributed by atoms with E-state index in [1.54, 1.807) is 0 Å². The highest BCUT2D eigenvalue weighted by atomic mass is 16.3. The third-order valence-corrected chi connectivity index (χ3v) is 12.7. The summed E-state index contributed by atoms with van der Waals surface area (Å²) in [5, 5.41) is 7.26. The van der Waals surface area contributed by atoms with Crippen molar-refractivity contribution in [1.82, 2.24) is 0 Å². The number of fused-ring (bicyclic) bond motifs is 6. The van der Waals surface area contributed by atoms with Crippen LogP contribution >= 0.6 is 0 Å². The summed E-state index contributed by atoms with van der Waals surface area (Å²) in [6.45, 7) is 0. The summed E-state index contributed by atoms with van der Waals surface area (Å²) >= 11 is 0. The third-order valence-electron chi connectivity index (χ3n) is 12.7. The zero-order chi connectivity index (χ0) is 42.4. The molecule has 64 heavy (non-hydrogen) atoms. The molecule has 2 nitrogen and oxygen atoms in total. The molecular formula is C62H41NO. The first kappa shape index (κ1) is 37.3. The number of furan rings is 1. The molecule has 0 aliphatic heterocycles. The van der Waals surface area contributed by atoms with Crippen LogP contribution in [0.15, 0.2) is 253 Å². The molecule has 0 atom stereocenters. The first-order chi connectivity index (χ1) is 31.7. The van der Waals surface area contributed by atoms with Gasteiger partial charge in [0.2, 0.25) is 0 Å². The zero-order valence-corrected chi connectivity index (χ0v) is 35.0. The van der Waals surface area contributed by atoms with Gasteiger partial charge < -0.3 is 9.32 Å². The molecule has 0 fully saturated rings. The van der Waals surface area contributed by atoms with Gasteiger partial charge in [-0.25, -0.2) is 0 Å². The van der Waals surface area contributed by atoms with Crippen LogP contribution in [-0.2, 0) is 0 Å². The molecule has 0 bridgehead atoms. The van der Waals surface area contributed by atoms with Crippen molar-refractivity contribution in [3.05, 3.63) is 249 Å². The molecule has 0 N–H and O–H groups in total. The van der Waals surface area contributed by atoms with E-state index in [4.69, 9.17) is 4.42 Å². The van der Waals surface area contributed by atoms with Crippen molar-refractivity contribution >= 4 is 60.5 Å². The summed E-state index contributed by atoms with van der Waals surface area (Å²) in [6.07, 6.45) is 0. The minimum Gasteiger partial charge on any atom is -0.456 e. The van der Waals surface area contributed by atoms with E-state index in [2.05, 4.69) is 241 Å². The summed E-state index contributed by atoms with van der Waals surface area (Å²) in [5.41, 5.74) is 16.9. The van der Waals surface area contributed by atoms with Crippen molar-refractivity contribution in [2.45, 2.75) is 0 Å². The number of rotatable bonds is 8. The normalized spacial score (nSPS) is 11.4. The van der Waals surface area contributed by atoms with Crippen LogP contribution in [0.25, 0.3) is 99.1 Å². The van der Waals surface area contributed by atoms with E-state index >= 15 is 0 Å². The molecule has 2 heteroatoms. The lowest BCUT2D eigenvalue weighted by Gasteiger charge is -2.26. The van der Waals surface area contributed by atoms with Crippen molar-refractivity contribution in [2.75, 3.05) is 4.90 Å². The fraction of sp³-hybridized carbons (Fsp3) is 0. The molecule has 0 spiro atoms. The average molecular weight is 816 g/mol. The second kappa shape index (κ2) is 15.8. The van der Waals surface area contributed by atoms with Gasteiger partial charge in [-0.2, -0.15) is 0 Å². The number of hydrogen-bond donors (Lipinski definition) is 0. The van der Waals surface area contributed by atoms with Gasteiger partial charge in [0, 0.05) is 27.8 Å². The van der Waals surface area contributed by atoms with Gasteiger partial charge >= 0.3 is 0 Å². The van der Waals surface area contributed by atoms with E-state index in [0.29, 0.717) is 0 Å². The lowest BCUT2D eigenvalue weighted by atomic mass is 9.87. The van der Waals surface area contributed by atoms with Gasteiger partial charge in [-0.15, -0.1) is 0 Å². The minimum absolute atomic E-state index is 0.878. The van der Waals surface area contributed by atoms with Crippen molar-refractivity contribution in [3.8, 4) is 55.6 Å². The van der Waals surface area contributed by atoms with E-state index in [1.807, 2.05) is 12.1 Å². The molecule has 0 radical (unpaired) electrons. The molecule has 12 aromatic rings. The summed E-state index contributed by atoms with van der Waals surface area (Å²) in [4.78, 5) is 2.35. The largest absolute Gasteiger partial charge is 0.456 e. The second-order valence-electron chi connectivity index (χ2n) is 16.4. The molecule has 1 aromatic heterocycles. The van der Waals surface area contributed by atoms with E-state index in [0.717, 1.165) is 44.6 Å². The maximum Gasteiger partial charge on any atom is 0.135 e. The van der Waals surface area contributed by atoms with Gasteiger partial charge in [0.25, 0.3) is 0 Å². The van der Waals surface area contributed by atoms with Gasteiger partial charge in [-0.1, -0.05) is 194 Å². The van der Waals surface area contributed by atoms with Crippen molar-refractivity contribution < 1.29 is 4.42 Å². The summed E-state index contributed by atoms with van der Waals surface area (Å²) in [5.74, 6) is 0. The fourth-order valence-electron chi connectivity index (χ4n) is 9.60.